The summed E-state index contributed by atoms with van der Waals surface area (Å²) in [6.07, 6.45) is 1.80. The average Bonchev–Trinajstić information content (AvgIpc) is 3.22. The van der Waals surface area contributed by atoms with Gasteiger partial charge in [-0.25, -0.2) is 4.99 Å². The lowest BCUT2D eigenvalue weighted by Gasteiger charge is -2.25. The quantitative estimate of drug-likeness (QED) is 0.426. The molecule has 0 fully saturated rings. The summed E-state index contributed by atoms with van der Waals surface area (Å²) < 4.78 is 12.8. The van der Waals surface area contributed by atoms with E-state index in [9.17, 15) is 9.59 Å². The fraction of sp³-hybridized carbons (Fsp3) is 0.138. The zero-order valence-electron chi connectivity index (χ0n) is 20.6. The van der Waals surface area contributed by atoms with Crippen LogP contribution in [0.1, 0.15) is 24.1 Å². The number of nitrogens with zero attached hydrogens (tertiary/aromatic N) is 2. The SMILES string of the molecule is COc1ccc(/C=c2\sc3n(c2=O)[C@H](c2ccccc2)C(C(=O)Nc2ccccc2)=C(C)N=3)cc1OC. The van der Waals surface area contributed by atoms with E-state index in [1.807, 2.05) is 72.8 Å². The van der Waals surface area contributed by atoms with Gasteiger partial charge in [-0.2, -0.15) is 0 Å². The number of hydrogen-bond donors (Lipinski definition) is 1. The highest BCUT2D eigenvalue weighted by Gasteiger charge is 2.32. The third-order valence-corrected chi connectivity index (χ3v) is 7.10. The summed E-state index contributed by atoms with van der Waals surface area (Å²) in [6.45, 7) is 1.81. The highest BCUT2D eigenvalue weighted by atomic mass is 32.1. The van der Waals surface area contributed by atoms with Gasteiger partial charge in [0.2, 0.25) is 0 Å². The molecule has 3 aromatic carbocycles. The third kappa shape index (κ3) is 4.71. The fourth-order valence-corrected chi connectivity index (χ4v) is 5.42. The van der Waals surface area contributed by atoms with E-state index in [2.05, 4.69) is 10.3 Å². The van der Waals surface area contributed by atoms with E-state index in [0.717, 1.165) is 11.1 Å². The molecule has 0 bridgehead atoms. The van der Waals surface area contributed by atoms with Crippen molar-refractivity contribution in [2.45, 2.75) is 13.0 Å². The second kappa shape index (κ2) is 10.3. The van der Waals surface area contributed by atoms with Crippen LogP contribution in [0.5, 0.6) is 11.5 Å². The van der Waals surface area contributed by atoms with E-state index in [0.29, 0.717) is 37.8 Å². The number of anilines is 1. The van der Waals surface area contributed by atoms with Crippen molar-refractivity contribution in [3.8, 4) is 11.5 Å². The number of hydrogen-bond acceptors (Lipinski definition) is 6. The Morgan fingerprint density at radius 1 is 0.973 bits per heavy atom. The van der Waals surface area contributed by atoms with E-state index in [-0.39, 0.29) is 11.5 Å². The number of allylic oxidation sites excluding steroid dienone is 1. The van der Waals surface area contributed by atoms with Crippen LogP contribution < -0.4 is 29.7 Å². The van der Waals surface area contributed by atoms with Crippen LogP contribution in [0.2, 0.25) is 0 Å². The van der Waals surface area contributed by atoms with Crippen LogP contribution in [0.25, 0.3) is 6.08 Å². The minimum Gasteiger partial charge on any atom is -0.493 e. The van der Waals surface area contributed by atoms with Crippen molar-refractivity contribution in [3.63, 3.8) is 0 Å². The molecule has 0 unspecified atom stereocenters. The monoisotopic (exact) mass is 511 g/mol. The van der Waals surface area contributed by atoms with Gasteiger partial charge in [0.25, 0.3) is 11.5 Å². The predicted molar refractivity (Wildman–Crippen MR) is 145 cm³/mol. The zero-order chi connectivity index (χ0) is 25.9. The van der Waals surface area contributed by atoms with Crippen LogP contribution in [0, 0.1) is 0 Å². The van der Waals surface area contributed by atoms with E-state index in [1.54, 1.807) is 37.9 Å². The molecule has 1 aliphatic rings. The molecule has 4 aromatic rings. The van der Waals surface area contributed by atoms with E-state index >= 15 is 0 Å². The lowest BCUT2D eigenvalue weighted by atomic mass is 9.95. The van der Waals surface area contributed by atoms with Crippen LogP contribution in [0.15, 0.2) is 99.9 Å². The molecular formula is C29H25N3O4S. The number of benzene rings is 3. The summed E-state index contributed by atoms with van der Waals surface area (Å²) in [4.78, 5) is 32.5. The summed E-state index contributed by atoms with van der Waals surface area (Å²) in [5.74, 6) is 0.882. The van der Waals surface area contributed by atoms with Gasteiger partial charge in [-0.3, -0.25) is 14.2 Å². The number of carbonyl (C=O) groups is 1. The maximum atomic E-state index is 13.8. The number of fused-ring (bicyclic) bond motifs is 1. The number of nitrogens with one attached hydrogen (secondary N) is 1. The molecule has 1 N–H and O–H groups in total. The van der Waals surface area contributed by atoms with Gasteiger partial charge in [-0.1, -0.05) is 65.9 Å². The topological polar surface area (TPSA) is 81.9 Å². The molecule has 1 atom stereocenters. The van der Waals surface area contributed by atoms with Crippen LogP contribution in [0.4, 0.5) is 5.69 Å². The molecule has 1 amide bonds. The average molecular weight is 512 g/mol. The van der Waals surface area contributed by atoms with Gasteiger partial charge in [0, 0.05) is 5.69 Å². The number of para-hydroxylation sites is 1. The van der Waals surface area contributed by atoms with Crippen molar-refractivity contribution < 1.29 is 14.3 Å². The first-order chi connectivity index (χ1) is 18.0. The van der Waals surface area contributed by atoms with Crippen molar-refractivity contribution in [2.75, 3.05) is 19.5 Å². The predicted octanol–water partition coefficient (Wildman–Crippen LogP) is 3.89. The number of carbonyl (C=O) groups excluding carboxylic acids is 1. The van der Waals surface area contributed by atoms with Crippen LogP contribution in [-0.2, 0) is 4.79 Å². The van der Waals surface area contributed by atoms with E-state index < -0.39 is 6.04 Å². The summed E-state index contributed by atoms with van der Waals surface area (Å²) in [7, 11) is 3.15. The van der Waals surface area contributed by atoms with Gasteiger partial charge in [-0.05, 0) is 48.4 Å². The maximum Gasteiger partial charge on any atom is 0.271 e. The number of thiazole rings is 1. The first kappa shape index (κ1) is 24.3. The minimum atomic E-state index is -0.617. The van der Waals surface area contributed by atoms with Gasteiger partial charge < -0.3 is 14.8 Å². The van der Waals surface area contributed by atoms with Gasteiger partial charge in [-0.15, -0.1) is 0 Å². The van der Waals surface area contributed by atoms with E-state index in [4.69, 9.17) is 9.47 Å². The third-order valence-electron chi connectivity index (χ3n) is 6.12. The number of rotatable bonds is 6. The Kier molecular flexibility index (Phi) is 6.74. The summed E-state index contributed by atoms with van der Waals surface area (Å²) in [6, 6.07) is 23.6. The van der Waals surface area contributed by atoms with Gasteiger partial charge in [0.15, 0.2) is 16.3 Å². The molecule has 0 spiro atoms. The molecular weight excluding hydrogens is 486 g/mol. The number of methoxy groups -OCH3 is 2. The molecule has 5 rings (SSSR count). The van der Waals surface area contributed by atoms with Gasteiger partial charge in [0.05, 0.1) is 36.1 Å². The Hall–Kier alpha value is -4.43. The van der Waals surface area contributed by atoms with Crippen molar-refractivity contribution in [3.05, 3.63) is 121 Å². The second-order valence-electron chi connectivity index (χ2n) is 8.43. The highest BCUT2D eigenvalue weighted by Crippen LogP contribution is 2.31. The molecule has 0 aliphatic carbocycles. The lowest BCUT2D eigenvalue weighted by molar-refractivity contribution is -0.113. The lowest BCUT2D eigenvalue weighted by Crippen LogP contribution is -2.40. The Morgan fingerprint density at radius 3 is 2.32 bits per heavy atom. The molecule has 2 heterocycles. The zero-order valence-corrected chi connectivity index (χ0v) is 21.4. The standard InChI is InChI=1S/C29H25N3O4S/c1-18-25(27(33)31-21-12-8-5-9-13-21)26(20-10-6-4-7-11-20)32-28(34)24(37-29(32)30-18)17-19-14-15-22(35-2)23(16-19)36-3/h4-17,26H,1-3H3,(H,31,33)/b24-17-/t26-/m1/s1. The van der Waals surface area contributed by atoms with E-state index in [1.165, 1.54) is 11.3 Å². The van der Waals surface area contributed by atoms with Crippen LogP contribution in [-0.4, -0.2) is 24.7 Å². The normalized spacial score (nSPS) is 15.1. The Balaban J connectivity index is 1.65. The molecule has 0 saturated carbocycles. The largest absolute Gasteiger partial charge is 0.493 e. The Bertz CT molecular complexity index is 1670. The summed E-state index contributed by atoms with van der Waals surface area (Å²) >= 11 is 1.29. The molecule has 37 heavy (non-hydrogen) atoms. The Labute approximate surface area is 217 Å². The van der Waals surface area contributed by atoms with Crippen molar-refractivity contribution >= 4 is 29.0 Å². The van der Waals surface area contributed by atoms with Crippen molar-refractivity contribution in [1.82, 2.24) is 4.57 Å². The molecule has 8 heteroatoms. The molecule has 186 valence electrons. The Morgan fingerprint density at radius 2 is 1.65 bits per heavy atom. The fourth-order valence-electron chi connectivity index (χ4n) is 4.38. The highest BCUT2D eigenvalue weighted by molar-refractivity contribution is 7.07. The number of ether oxygens (including phenoxy) is 2. The molecule has 0 radical (unpaired) electrons. The van der Waals surface area contributed by atoms with Crippen molar-refractivity contribution in [1.29, 1.82) is 0 Å². The maximum absolute atomic E-state index is 13.8. The number of amides is 1. The van der Waals surface area contributed by atoms with Crippen LogP contribution in [0.3, 0.4) is 0 Å². The van der Waals surface area contributed by atoms with Crippen molar-refractivity contribution in [2.24, 2.45) is 4.99 Å². The smallest absolute Gasteiger partial charge is 0.271 e. The first-order valence-electron chi connectivity index (χ1n) is 11.7. The minimum absolute atomic E-state index is 0.218. The summed E-state index contributed by atoms with van der Waals surface area (Å²) in [5.41, 5.74) is 3.07. The summed E-state index contributed by atoms with van der Waals surface area (Å²) in [5, 5.41) is 2.96. The first-order valence-corrected chi connectivity index (χ1v) is 12.5. The van der Waals surface area contributed by atoms with Crippen LogP contribution >= 0.6 is 11.3 Å². The molecule has 0 saturated heterocycles. The molecule has 7 nitrogen and oxygen atoms in total. The second-order valence-corrected chi connectivity index (χ2v) is 9.44. The molecule has 1 aromatic heterocycles. The van der Waals surface area contributed by atoms with Gasteiger partial charge in [0.1, 0.15) is 0 Å². The van der Waals surface area contributed by atoms with Gasteiger partial charge >= 0.3 is 0 Å². The molecule has 1 aliphatic heterocycles. The number of aromatic nitrogens is 1.